The van der Waals surface area contributed by atoms with Crippen molar-refractivity contribution in [3.05, 3.63) is 72.0 Å². The fourth-order valence-electron chi connectivity index (χ4n) is 2.40. The van der Waals surface area contributed by atoms with Gasteiger partial charge >= 0.3 is 0 Å². The standard InChI is InChI=1S/C20H19ClN4O2S/c1-3-12-25-14(2)23-24-20(25)28-13-19(26)22-15-8-10-16(11-9-15)27-18-7-5-4-6-17(18)21/h3-11H,1,12-13H2,2H3,(H,22,26). The van der Waals surface area contributed by atoms with Gasteiger partial charge in [-0.15, -0.1) is 16.8 Å². The third-order valence-electron chi connectivity index (χ3n) is 3.75. The molecule has 8 heteroatoms. The van der Waals surface area contributed by atoms with E-state index in [-0.39, 0.29) is 11.7 Å². The van der Waals surface area contributed by atoms with E-state index in [4.69, 9.17) is 16.3 Å². The molecule has 1 amide bonds. The molecule has 0 aliphatic rings. The van der Waals surface area contributed by atoms with Gasteiger partial charge in [0, 0.05) is 12.2 Å². The van der Waals surface area contributed by atoms with Crippen LogP contribution >= 0.6 is 23.4 Å². The number of hydrogen-bond acceptors (Lipinski definition) is 5. The van der Waals surface area contributed by atoms with Crippen molar-refractivity contribution in [3.8, 4) is 11.5 Å². The molecule has 1 aromatic heterocycles. The Morgan fingerprint density at radius 3 is 2.71 bits per heavy atom. The van der Waals surface area contributed by atoms with Crippen LogP contribution in [0.3, 0.4) is 0 Å². The molecule has 3 rings (SSSR count). The van der Waals surface area contributed by atoms with Gasteiger partial charge in [-0.1, -0.05) is 41.6 Å². The maximum absolute atomic E-state index is 12.2. The maximum Gasteiger partial charge on any atom is 0.234 e. The lowest BCUT2D eigenvalue weighted by atomic mass is 10.3. The molecule has 0 spiro atoms. The number of para-hydroxylation sites is 1. The SMILES string of the molecule is C=CCn1c(C)nnc1SCC(=O)Nc1ccc(Oc2ccccc2Cl)cc1. The summed E-state index contributed by atoms with van der Waals surface area (Å²) in [5, 5.41) is 12.2. The molecule has 0 saturated carbocycles. The second kappa shape index (κ2) is 9.43. The second-order valence-electron chi connectivity index (χ2n) is 5.82. The van der Waals surface area contributed by atoms with Gasteiger partial charge in [0.2, 0.25) is 5.91 Å². The molecule has 0 unspecified atom stereocenters. The minimum absolute atomic E-state index is 0.129. The minimum Gasteiger partial charge on any atom is -0.456 e. The number of anilines is 1. The molecule has 28 heavy (non-hydrogen) atoms. The lowest BCUT2D eigenvalue weighted by molar-refractivity contribution is -0.113. The zero-order valence-corrected chi connectivity index (χ0v) is 16.8. The van der Waals surface area contributed by atoms with Crippen LogP contribution < -0.4 is 10.1 Å². The van der Waals surface area contributed by atoms with E-state index in [2.05, 4.69) is 22.1 Å². The summed E-state index contributed by atoms with van der Waals surface area (Å²) in [5.74, 6) is 2.10. The summed E-state index contributed by atoms with van der Waals surface area (Å²) < 4.78 is 7.65. The van der Waals surface area contributed by atoms with Crippen molar-refractivity contribution in [1.29, 1.82) is 0 Å². The summed E-state index contributed by atoms with van der Waals surface area (Å²) >= 11 is 7.42. The Kier molecular flexibility index (Phi) is 6.73. The molecule has 3 aromatic rings. The van der Waals surface area contributed by atoms with Crippen LogP contribution in [-0.2, 0) is 11.3 Å². The van der Waals surface area contributed by atoms with E-state index in [0.717, 1.165) is 5.82 Å². The third-order valence-corrected chi connectivity index (χ3v) is 5.03. The Morgan fingerprint density at radius 1 is 1.25 bits per heavy atom. The summed E-state index contributed by atoms with van der Waals surface area (Å²) in [6, 6.07) is 14.4. The van der Waals surface area contributed by atoms with E-state index >= 15 is 0 Å². The summed E-state index contributed by atoms with van der Waals surface area (Å²) in [6.45, 7) is 6.20. The van der Waals surface area contributed by atoms with Crippen LogP contribution in [0.25, 0.3) is 0 Å². The van der Waals surface area contributed by atoms with Crippen molar-refractivity contribution >= 4 is 35.0 Å². The number of nitrogens with one attached hydrogen (secondary N) is 1. The Balaban J connectivity index is 1.55. The molecule has 0 saturated heterocycles. The summed E-state index contributed by atoms with van der Waals surface area (Å²) in [4.78, 5) is 12.2. The van der Waals surface area contributed by atoms with Crippen LogP contribution in [0.4, 0.5) is 5.69 Å². The van der Waals surface area contributed by atoms with Crippen molar-refractivity contribution in [3.63, 3.8) is 0 Å². The highest BCUT2D eigenvalue weighted by atomic mass is 35.5. The van der Waals surface area contributed by atoms with E-state index in [1.807, 2.05) is 23.6 Å². The summed E-state index contributed by atoms with van der Waals surface area (Å²) in [7, 11) is 0. The van der Waals surface area contributed by atoms with Gasteiger partial charge in [-0.25, -0.2) is 0 Å². The van der Waals surface area contributed by atoms with Gasteiger partial charge in [-0.2, -0.15) is 0 Å². The molecular weight excluding hydrogens is 396 g/mol. The minimum atomic E-state index is -0.129. The molecule has 1 heterocycles. The number of hydrogen-bond donors (Lipinski definition) is 1. The van der Waals surface area contributed by atoms with Crippen LogP contribution in [0.1, 0.15) is 5.82 Å². The molecule has 0 radical (unpaired) electrons. The van der Waals surface area contributed by atoms with Crippen LogP contribution in [0, 0.1) is 6.92 Å². The number of carbonyl (C=O) groups is 1. The predicted molar refractivity (Wildman–Crippen MR) is 112 cm³/mol. The normalized spacial score (nSPS) is 10.5. The van der Waals surface area contributed by atoms with Crippen molar-refractivity contribution < 1.29 is 9.53 Å². The van der Waals surface area contributed by atoms with Gasteiger partial charge in [0.25, 0.3) is 0 Å². The fraction of sp³-hybridized carbons (Fsp3) is 0.150. The molecule has 0 aliphatic carbocycles. The highest BCUT2D eigenvalue weighted by molar-refractivity contribution is 7.99. The molecule has 1 N–H and O–H groups in total. The largest absolute Gasteiger partial charge is 0.456 e. The lowest BCUT2D eigenvalue weighted by Crippen LogP contribution is -2.14. The highest BCUT2D eigenvalue weighted by Gasteiger charge is 2.11. The number of allylic oxidation sites excluding steroid dienone is 1. The van der Waals surface area contributed by atoms with Gasteiger partial charge in [0.05, 0.1) is 10.8 Å². The molecule has 0 fully saturated rings. The molecule has 0 atom stereocenters. The number of carbonyl (C=O) groups excluding carboxylic acids is 1. The number of rotatable bonds is 8. The fourth-order valence-corrected chi connectivity index (χ4v) is 3.36. The zero-order valence-electron chi connectivity index (χ0n) is 15.3. The molecular formula is C20H19ClN4O2S. The van der Waals surface area contributed by atoms with Crippen molar-refractivity contribution in [2.75, 3.05) is 11.1 Å². The first kappa shape index (κ1) is 20.0. The molecule has 144 valence electrons. The Labute approximate surface area is 172 Å². The number of halogens is 1. The topological polar surface area (TPSA) is 69.0 Å². The monoisotopic (exact) mass is 414 g/mol. The van der Waals surface area contributed by atoms with E-state index in [9.17, 15) is 4.79 Å². The summed E-state index contributed by atoms with van der Waals surface area (Å²) in [5.41, 5.74) is 0.681. The summed E-state index contributed by atoms with van der Waals surface area (Å²) in [6.07, 6.45) is 1.77. The van der Waals surface area contributed by atoms with Crippen molar-refractivity contribution in [1.82, 2.24) is 14.8 Å². The smallest absolute Gasteiger partial charge is 0.234 e. The number of aromatic nitrogens is 3. The molecule has 0 aliphatic heterocycles. The molecule has 6 nitrogen and oxygen atoms in total. The Bertz CT molecular complexity index is 973. The number of amides is 1. The predicted octanol–water partition coefficient (Wildman–Crippen LogP) is 4.95. The first-order chi connectivity index (χ1) is 13.6. The Hall–Kier alpha value is -2.77. The first-order valence-electron chi connectivity index (χ1n) is 8.52. The van der Waals surface area contributed by atoms with E-state index in [0.29, 0.717) is 33.9 Å². The van der Waals surface area contributed by atoms with Crippen molar-refractivity contribution in [2.45, 2.75) is 18.6 Å². The van der Waals surface area contributed by atoms with Gasteiger partial charge < -0.3 is 14.6 Å². The van der Waals surface area contributed by atoms with Crippen LogP contribution in [0.15, 0.2) is 66.3 Å². The number of benzene rings is 2. The number of aryl methyl sites for hydroxylation is 1. The molecule has 2 aromatic carbocycles. The number of ether oxygens (including phenoxy) is 1. The van der Waals surface area contributed by atoms with Crippen LogP contribution in [-0.4, -0.2) is 26.4 Å². The van der Waals surface area contributed by atoms with E-state index < -0.39 is 0 Å². The van der Waals surface area contributed by atoms with Crippen molar-refractivity contribution in [2.24, 2.45) is 0 Å². The van der Waals surface area contributed by atoms with Crippen LogP contribution in [0.2, 0.25) is 5.02 Å². The van der Waals surface area contributed by atoms with Gasteiger partial charge in [0.1, 0.15) is 17.3 Å². The molecule has 0 bridgehead atoms. The third kappa shape index (κ3) is 5.15. The zero-order chi connectivity index (χ0) is 19.9. The first-order valence-corrected chi connectivity index (χ1v) is 9.89. The van der Waals surface area contributed by atoms with Gasteiger partial charge in [0.15, 0.2) is 5.16 Å². The van der Waals surface area contributed by atoms with Crippen LogP contribution in [0.5, 0.6) is 11.5 Å². The quantitative estimate of drug-likeness (QED) is 0.417. The van der Waals surface area contributed by atoms with E-state index in [1.165, 1.54) is 11.8 Å². The number of nitrogens with zero attached hydrogens (tertiary/aromatic N) is 3. The Morgan fingerprint density at radius 2 is 2.00 bits per heavy atom. The maximum atomic E-state index is 12.2. The number of thioether (sulfide) groups is 1. The van der Waals surface area contributed by atoms with Gasteiger partial charge in [-0.3, -0.25) is 4.79 Å². The van der Waals surface area contributed by atoms with E-state index in [1.54, 1.807) is 42.5 Å². The average Bonchev–Trinajstić information content (AvgIpc) is 3.04. The average molecular weight is 415 g/mol. The lowest BCUT2D eigenvalue weighted by Gasteiger charge is -2.09. The highest BCUT2D eigenvalue weighted by Crippen LogP contribution is 2.29. The van der Waals surface area contributed by atoms with Gasteiger partial charge in [-0.05, 0) is 43.3 Å². The second-order valence-corrected chi connectivity index (χ2v) is 7.17.